The average molecular weight is 419 g/mol. The largest absolute Gasteiger partial charge is 0.380 e. The van der Waals surface area contributed by atoms with Crippen LogP contribution in [0.4, 0.5) is 0 Å². The highest BCUT2D eigenvalue weighted by molar-refractivity contribution is 9.10. The van der Waals surface area contributed by atoms with Gasteiger partial charge in [0.25, 0.3) is 15.0 Å². The zero-order chi connectivity index (χ0) is 16.2. The number of ether oxygens (including phenoxy) is 1. The van der Waals surface area contributed by atoms with Gasteiger partial charge < -0.3 is 10.1 Å². The van der Waals surface area contributed by atoms with Crippen LogP contribution in [0.5, 0.6) is 0 Å². The SMILES string of the molecule is CCOCC(C)NC(=O)c1cc(Br)cc(S(=O)(=O)Cl)c1Cl. The molecule has 21 heavy (non-hydrogen) atoms. The summed E-state index contributed by atoms with van der Waals surface area (Å²) in [6, 6.07) is 2.42. The molecule has 1 N–H and O–H groups in total. The fourth-order valence-electron chi connectivity index (χ4n) is 1.54. The van der Waals surface area contributed by atoms with E-state index in [9.17, 15) is 13.2 Å². The second kappa shape index (κ2) is 7.78. The van der Waals surface area contributed by atoms with E-state index in [1.807, 2.05) is 6.92 Å². The lowest BCUT2D eigenvalue weighted by molar-refractivity contribution is 0.0872. The molecule has 0 heterocycles. The van der Waals surface area contributed by atoms with Crippen LogP contribution >= 0.6 is 38.2 Å². The summed E-state index contributed by atoms with van der Waals surface area (Å²) < 4.78 is 28.5. The number of carbonyl (C=O) groups is 1. The Hall–Kier alpha value is -0.340. The summed E-state index contributed by atoms with van der Waals surface area (Å²) in [7, 11) is 1.25. The van der Waals surface area contributed by atoms with E-state index in [2.05, 4.69) is 21.2 Å². The van der Waals surface area contributed by atoms with Crippen LogP contribution in [0.1, 0.15) is 24.2 Å². The molecule has 0 fully saturated rings. The molecular formula is C12H14BrCl2NO4S. The van der Waals surface area contributed by atoms with Crippen molar-refractivity contribution in [3.63, 3.8) is 0 Å². The van der Waals surface area contributed by atoms with Crippen LogP contribution < -0.4 is 5.32 Å². The first kappa shape index (κ1) is 18.7. The van der Waals surface area contributed by atoms with Crippen LogP contribution in [0, 0.1) is 0 Å². The van der Waals surface area contributed by atoms with Crippen LogP contribution in [0.3, 0.4) is 0 Å². The maximum Gasteiger partial charge on any atom is 0.262 e. The predicted molar refractivity (Wildman–Crippen MR) is 85.6 cm³/mol. The summed E-state index contributed by atoms with van der Waals surface area (Å²) in [4.78, 5) is 11.8. The molecule has 9 heteroatoms. The first-order chi connectivity index (χ1) is 9.66. The van der Waals surface area contributed by atoms with Gasteiger partial charge in [0.1, 0.15) is 4.90 Å². The van der Waals surface area contributed by atoms with Crippen LogP contribution in [0.15, 0.2) is 21.5 Å². The summed E-state index contributed by atoms with van der Waals surface area (Å²) in [6.07, 6.45) is 0. The van der Waals surface area contributed by atoms with Gasteiger partial charge in [0, 0.05) is 27.8 Å². The van der Waals surface area contributed by atoms with Crippen LogP contribution in [-0.2, 0) is 13.8 Å². The van der Waals surface area contributed by atoms with E-state index in [-0.39, 0.29) is 21.5 Å². The van der Waals surface area contributed by atoms with E-state index in [0.29, 0.717) is 17.7 Å². The monoisotopic (exact) mass is 417 g/mol. The van der Waals surface area contributed by atoms with Gasteiger partial charge in [0.15, 0.2) is 0 Å². The highest BCUT2D eigenvalue weighted by Crippen LogP contribution is 2.31. The first-order valence-corrected chi connectivity index (χ1v) is 9.47. The van der Waals surface area contributed by atoms with E-state index < -0.39 is 15.0 Å². The number of hydrogen-bond acceptors (Lipinski definition) is 4. The summed E-state index contributed by atoms with van der Waals surface area (Å²) in [5.41, 5.74) is 0.0219. The van der Waals surface area contributed by atoms with Crippen molar-refractivity contribution < 1.29 is 17.9 Å². The molecule has 0 saturated carbocycles. The number of nitrogens with one attached hydrogen (secondary N) is 1. The van der Waals surface area contributed by atoms with Crippen molar-refractivity contribution in [2.45, 2.75) is 24.8 Å². The third-order valence-electron chi connectivity index (χ3n) is 2.46. The van der Waals surface area contributed by atoms with Gasteiger partial charge in [-0.25, -0.2) is 8.42 Å². The molecule has 0 bridgehead atoms. The van der Waals surface area contributed by atoms with E-state index in [0.717, 1.165) is 0 Å². The molecule has 0 aliphatic carbocycles. The van der Waals surface area contributed by atoms with Crippen molar-refractivity contribution in [2.75, 3.05) is 13.2 Å². The zero-order valence-corrected chi connectivity index (χ0v) is 15.2. The lowest BCUT2D eigenvalue weighted by Crippen LogP contribution is -2.36. The van der Waals surface area contributed by atoms with Crippen LogP contribution in [0.25, 0.3) is 0 Å². The number of rotatable bonds is 6. The Labute approximate surface area is 141 Å². The van der Waals surface area contributed by atoms with Gasteiger partial charge >= 0.3 is 0 Å². The summed E-state index contributed by atoms with van der Waals surface area (Å²) in [6.45, 7) is 4.48. The van der Waals surface area contributed by atoms with Gasteiger partial charge in [-0.2, -0.15) is 0 Å². The molecule has 0 aliphatic heterocycles. The first-order valence-electron chi connectivity index (χ1n) is 5.99. The Balaban J connectivity index is 3.08. The molecule has 1 atom stereocenters. The molecule has 1 aromatic rings. The Kier molecular flexibility index (Phi) is 6.93. The normalized spacial score (nSPS) is 13.0. The third-order valence-corrected chi connectivity index (χ3v) is 4.78. The van der Waals surface area contributed by atoms with Gasteiger partial charge in [0.2, 0.25) is 0 Å². The second-order valence-corrected chi connectivity index (χ2v) is 8.07. The number of benzene rings is 1. The standard InChI is InChI=1S/C12H14BrCl2NO4S/c1-3-20-6-7(2)16-12(17)9-4-8(13)5-10(11(9)14)21(15,18)19/h4-5,7H,3,6H2,1-2H3,(H,16,17). The van der Waals surface area contributed by atoms with Crippen molar-refractivity contribution >= 4 is 53.2 Å². The smallest absolute Gasteiger partial charge is 0.262 e. The van der Waals surface area contributed by atoms with E-state index in [4.69, 9.17) is 27.0 Å². The highest BCUT2D eigenvalue weighted by Gasteiger charge is 2.22. The summed E-state index contributed by atoms with van der Waals surface area (Å²) in [5, 5.41) is 2.46. The minimum Gasteiger partial charge on any atom is -0.380 e. The van der Waals surface area contributed by atoms with Crippen molar-refractivity contribution in [3.8, 4) is 0 Å². The maximum atomic E-state index is 12.2. The van der Waals surface area contributed by atoms with Crippen LogP contribution in [0.2, 0.25) is 5.02 Å². The van der Waals surface area contributed by atoms with Gasteiger partial charge in [-0.1, -0.05) is 27.5 Å². The molecule has 0 radical (unpaired) electrons. The van der Waals surface area contributed by atoms with Crippen LogP contribution in [-0.4, -0.2) is 33.6 Å². The minimum atomic E-state index is -4.05. The molecular weight excluding hydrogens is 405 g/mol. The highest BCUT2D eigenvalue weighted by atomic mass is 79.9. The quantitative estimate of drug-likeness (QED) is 0.720. The molecule has 118 valence electrons. The fourth-order valence-corrected chi connectivity index (χ4v) is 3.73. The topological polar surface area (TPSA) is 72.5 Å². The number of halogens is 3. The molecule has 1 unspecified atom stereocenters. The minimum absolute atomic E-state index is 0.0219. The summed E-state index contributed by atoms with van der Waals surface area (Å²) in [5.74, 6) is -0.505. The number of amides is 1. The van der Waals surface area contributed by atoms with Crippen molar-refractivity contribution in [1.29, 1.82) is 0 Å². The van der Waals surface area contributed by atoms with Gasteiger partial charge in [0.05, 0.1) is 17.2 Å². The number of hydrogen-bond donors (Lipinski definition) is 1. The molecule has 0 aromatic heterocycles. The van der Waals surface area contributed by atoms with Gasteiger partial charge in [-0.3, -0.25) is 4.79 Å². The lowest BCUT2D eigenvalue weighted by Gasteiger charge is -2.15. The molecule has 1 amide bonds. The predicted octanol–water partition coefficient (Wildman–Crippen LogP) is 3.18. The van der Waals surface area contributed by atoms with Gasteiger partial charge in [-0.15, -0.1) is 0 Å². The van der Waals surface area contributed by atoms with E-state index >= 15 is 0 Å². The Morgan fingerprint density at radius 3 is 2.62 bits per heavy atom. The molecule has 1 rings (SSSR count). The molecule has 5 nitrogen and oxygen atoms in total. The lowest BCUT2D eigenvalue weighted by atomic mass is 10.2. The third kappa shape index (κ3) is 5.41. The Morgan fingerprint density at radius 2 is 2.10 bits per heavy atom. The second-order valence-electron chi connectivity index (χ2n) is 4.24. The summed E-state index contributed by atoms with van der Waals surface area (Å²) >= 11 is 9.10. The zero-order valence-electron chi connectivity index (χ0n) is 11.3. The van der Waals surface area contributed by atoms with Crippen molar-refractivity contribution in [2.24, 2.45) is 0 Å². The fraction of sp³-hybridized carbons (Fsp3) is 0.417. The Bertz CT molecular complexity index is 636. The molecule has 1 aromatic carbocycles. The van der Waals surface area contributed by atoms with Crippen molar-refractivity contribution in [1.82, 2.24) is 5.32 Å². The number of carbonyl (C=O) groups excluding carboxylic acids is 1. The van der Waals surface area contributed by atoms with Crippen molar-refractivity contribution in [3.05, 3.63) is 27.2 Å². The molecule has 0 aliphatic rings. The molecule has 0 spiro atoms. The van der Waals surface area contributed by atoms with Gasteiger partial charge in [-0.05, 0) is 26.0 Å². The Morgan fingerprint density at radius 1 is 1.48 bits per heavy atom. The molecule has 0 saturated heterocycles. The maximum absolute atomic E-state index is 12.2. The van der Waals surface area contributed by atoms with E-state index in [1.54, 1.807) is 6.92 Å². The average Bonchev–Trinajstić information content (AvgIpc) is 2.37. The van der Waals surface area contributed by atoms with E-state index in [1.165, 1.54) is 12.1 Å².